The number of fused-ring (bicyclic) bond motifs is 3. The summed E-state index contributed by atoms with van der Waals surface area (Å²) < 4.78 is 4.46. The van der Waals surface area contributed by atoms with E-state index in [1.807, 2.05) is 24.3 Å². The van der Waals surface area contributed by atoms with Crippen molar-refractivity contribution in [2.45, 2.75) is 0 Å². The van der Waals surface area contributed by atoms with E-state index < -0.39 is 0 Å². The van der Waals surface area contributed by atoms with Crippen LogP contribution >= 0.6 is 34.0 Å². The lowest BCUT2D eigenvalue weighted by atomic mass is 10.3. The van der Waals surface area contributed by atoms with E-state index in [2.05, 4.69) is 9.69 Å². The van der Waals surface area contributed by atoms with Crippen LogP contribution < -0.4 is 0 Å². The summed E-state index contributed by atoms with van der Waals surface area (Å²) in [6.07, 6.45) is 3.19. The van der Waals surface area contributed by atoms with Crippen LogP contribution in [0, 0.1) is 35.8 Å². The predicted molar refractivity (Wildman–Crippen MR) is 95.5 cm³/mol. The van der Waals surface area contributed by atoms with Gasteiger partial charge in [-0.3, -0.25) is 0 Å². The molecule has 3 aromatic heterocycles. The van der Waals surface area contributed by atoms with Crippen molar-refractivity contribution in [2.75, 3.05) is 0 Å². The zero-order chi connectivity index (χ0) is 16.4. The molecule has 106 valence electrons. The van der Waals surface area contributed by atoms with Crippen molar-refractivity contribution in [3.05, 3.63) is 56.1 Å². The fourth-order valence-corrected chi connectivity index (χ4v) is 5.88. The van der Waals surface area contributed by atoms with Gasteiger partial charge in [-0.15, -0.1) is 34.0 Å². The molecule has 3 heterocycles. The molecule has 0 fully saturated rings. The molecule has 0 saturated heterocycles. The van der Waals surface area contributed by atoms with Crippen LogP contribution in [0.3, 0.4) is 0 Å². The molecular formula is C16H4N4S3. The highest BCUT2D eigenvalue weighted by Gasteiger charge is 2.12. The van der Waals surface area contributed by atoms with Gasteiger partial charge in [-0.2, -0.15) is 0 Å². The first-order chi connectivity index (χ1) is 11.2. The number of thiophene rings is 3. The molecule has 4 nitrogen and oxygen atoms in total. The number of nitrogens with zero attached hydrogens (tertiary/aromatic N) is 4. The SMILES string of the molecule is [C-]#[N+]/C(C#N)=C\c1cc2sc3cc(/C=C(\C#N)[N+]#[C-])sc3c2s1. The summed E-state index contributed by atoms with van der Waals surface area (Å²) in [7, 11) is 0. The first-order valence-corrected chi connectivity index (χ1v) is 8.58. The average molecular weight is 348 g/mol. The fraction of sp³-hybridized carbons (Fsp3) is 0. The van der Waals surface area contributed by atoms with E-state index in [4.69, 9.17) is 23.7 Å². The van der Waals surface area contributed by atoms with Crippen LogP contribution in [0.1, 0.15) is 9.75 Å². The molecule has 0 spiro atoms. The van der Waals surface area contributed by atoms with Crippen LogP contribution in [-0.4, -0.2) is 0 Å². The minimum atomic E-state index is 0.0701. The number of hydrogen-bond acceptors (Lipinski definition) is 5. The van der Waals surface area contributed by atoms with Crippen molar-refractivity contribution in [3.63, 3.8) is 0 Å². The van der Waals surface area contributed by atoms with Crippen LogP contribution in [0.2, 0.25) is 0 Å². The van der Waals surface area contributed by atoms with Crippen molar-refractivity contribution in [3.8, 4) is 12.1 Å². The topological polar surface area (TPSA) is 56.3 Å². The third-order valence-electron chi connectivity index (χ3n) is 2.89. The number of nitriles is 2. The first kappa shape index (κ1) is 15.0. The Balaban J connectivity index is 2.11. The minimum absolute atomic E-state index is 0.0701. The molecule has 0 amide bonds. The van der Waals surface area contributed by atoms with Crippen molar-refractivity contribution in [1.82, 2.24) is 0 Å². The van der Waals surface area contributed by atoms with E-state index in [0.29, 0.717) is 0 Å². The van der Waals surface area contributed by atoms with Crippen LogP contribution in [0.5, 0.6) is 0 Å². The highest BCUT2D eigenvalue weighted by molar-refractivity contribution is 7.38. The molecule has 0 aliphatic rings. The molecule has 0 bridgehead atoms. The molecule has 0 aliphatic heterocycles. The van der Waals surface area contributed by atoms with Gasteiger partial charge in [-0.1, -0.05) is 0 Å². The van der Waals surface area contributed by atoms with Crippen molar-refractivity contribution in [2.24, 2.45) is 0 Å². The molecule has 0 saturated carbocycles. The van der Waals surface area contributed by atoms with Crippen LogP contribution in [0.25, 0.3) is 40.6 Å². The van der Waals surface area contributed by atoms with Crippen LogP contribution in [-0.2, 0) is 0 Å². The average Bonchev–Trinajstić information content (AvgIpc) is 3.20. The van der Waals surface area contributed by atoms with Gasteiger partial charge in [0.05, 0.1) is 34.7 Å². The van der Waals surface area contributed by atoms with Gasteiger partial charge in [0.25, 0.3) is 11.4 Å². The molecule has 0 atom stereocenters. The Morgan fingerprint density at radius 1 is 0.870 bits per heavy atom. The van der Waals surface area contributed by atoms with E-state index >= 15 is 0 Å². The maximum atomic E-state index is 8.84. The molecule has 0 radical (unpaired) electrons. The third-order valence-corrected chi connectivity index (χ3v) is 6.56. The first-order valence-electron chi connectivity index (χ1n) is 6.13. The minimum Gasteiger partial charge on any atom is -0.227 e. The lowest BCUT2D eigenvalue weighted by molar-refractivity contribution is 1.51. The second-order valence-corrected chi connectivity index (χ2v) is 7.54. The standard InChI is InChI=1S/C16H4N4S3/c1-19-9(7-17)3-11-5-13-15(21-11)16-14(23-13)6-12(22-16)4-10(8-18)20-2/h3-6H/b9-3-,10-4+. The zero-order valence-electron chi connectivity index (χ0n) is 11.3. The quantitative estimate of drug-likeness (QED) is 0.437. The van der Waals surface area contributed by atoms with E-state index in [9.17, 15) is 0 Å². The zero-order valence-corrected chi connectivity index (χ0v) is 13.8. The number of allylic oxidation sites excluding steroid dienone is 2. The Morgan fingerprint density at radius 3 is 1.65 bits per heavy atom. The number of rotatable bonds is 2. The lowest BCUT2D eigenvalue weighted by Crippen LogP contribution is -1.65. The second-order valence-electron chi connectivity index (χ2n) is 4.29. The molecule has 3 rings (SSSR count). The Bertz CT molecular complexity index is 1030. The van der Waals surface area contributed by atoms with Crippen LogP contribution in [0.4, 0.5) is 0 Å². The van der Waals surface area contributed by atoms with Gasteiger partial charge in [-0.05, 0) is 24.3 Å². The van der Waals surface area contributed by atoms with Gasteiger partial charge in [-0.25, -0.2) is 20.2 Å². The monoisotopic (exact) mass is 348 g/mol. The van der Waals surface area contributed by atoms with E-state index in [-0.39, 0.29) is 11.4 Å². The molecule has 0 unspecified atom stereocenters. The van der Waals surface area contributed by atoms with Crippen molar-refractivity contribution >= 4 is 65.0 Å². The summed E-state index contributed by atoms with van der Waals surface area (Å²) in [5.74, 6) is 0. The van der Waals surface area contributed by atoms with E-state index in [1.165, 1.54) is 0 Å². The Labute approximate surface area is 143 Å². The second kappa shape index (κ2) is 6.05. The summed E-state index contributed by atoms with van der Waals surface area (Å²) in [4.78, 5) is 8.10. The maximum Gasteiger partial charge on any atom is 0.263 e. The van der Waals surface area contributed by atoms with Crippen LogP contribution in [0.15, 0.2) is 23.5 Å². The number of hydrogen-bond donors (Lipinski definition) is 0. The van der Waals surface area contributed by atoms with Gasteiger partial charge in [0, 0.05) is 19.2 Å². The van der Waals surface area contributed by atoms with Gasteiger partial charge in [0.15, 0.2) is 0 Å². The van der Waals surface area contributed by atoms with Crippen molar-refractivity contribution < 1.29 is 0 Å². The Hall–Kier alpha value is -2.94. The molecule has 3 aromatic rings. The molecule has 0 N–H and O–H groups in total. The van der Waals surface area contributed by atoms with E-state index in [1.54, 1.807) is 46.2 Å². The largest absolute Gasteiger partial charge is 0.263 e. The Kier molecular flexibility index (Phi) is 3.94. The summed E-state index contributed by atoms with van der Waals surface area (Å²) in [6.45, 7) is 13.9. The molecule has 7 heteroatoms. The Morgan fingerprint density at radius 2 is 1.30 bits per heavy atom. The highest BCUT2D eigenvalue weighted by Crippen LogP contribution is 2.44. The van der Waals surface area contributed by atoms with Gasteiger partial charge in [0.1, 0.15) is 0 Å². The highest BCUT2D eigenvalue weighted by atomic mass is 32.1. The molecule has 23 heavy (non-hydrogen) atoms. The fourth-order valence-electron chi connectivity index (χ4n) is 1.96. The van der Waals surface area contributed by atoms with Gasteiger partial charge >= 0.3 is 0 Å². The lowest BCUT2D eigenvalue weighted by Gasteiger charge is -1.83. The van der Waals surface area contributed by atoms with Gasteiger partial charge < -0.3 is 0 Å². The summed E-state index contributed by atoms with van der Waals surface area (Å²) >= 11 is 4.71. The maximum absolute atomic E-state index is 8.84. The summed E-state index contributed by atoms with van der Waals surface area (Å²) in [5, 5.41) is 17.7. The molecule has 0 aliphatic carbocycles. The van der Waals surface area contributed by atoms with Crippen molar-refractivity contribution in [1.29, 1.82) is 10.5 Å². The third kappa shape index (κ3) is 2.73. The van der Waals surface area contributed by atoms with E-state index in [0.717, 1.165) is 28.6 Å². The van der Waals surface area contributed by atoms with Gasteiger partial charge in [0.2, 0.25) is 0 Å². The molecular weight excluding hydrogens is 344 g/mol. The summed E-state index contributed by atoms with van der Waals surface area (Å²) in [6, 6.07) is 7.69. The summed E-state index contributed by atoms with van der Waals surface area (Å²) in [5.41, 5.74) is 0.140. The smallest absolute Gasteiger partial charge is 0.227 e. The normalized spacial score (nSPS) is 11.8. The molecule has 0 aromatic carbocycles. The predicted octanol–water partition coefficient (Wildman–Crippen LogP) is 5.75.